The molecule has 0 atom stereocenters. The fourth-order valence-electron chi connectivity index (χ4n) is 1.25. The standard InChI is InChI=1S/C10H12F2N2O/c1-7(15)14(5-4-13)8-2-3-9(11)10(12)6-8/h2-3,6H,4-5,13H2,1H3. The molecular formula is C10H12F2N2O. The van der Waals surface area contributed by atoms with Crippen LogP contribution in [0.5, 0.6) is 0 Å². The van der Waals surface area contributed by atoms with Crippen LogP contribution in [0.3, 0.4) is 0 Å². The molecule has 0 unspecified atom stereocenters. The summed E-state index contributed by atoms with van der Waals surface area (Å²) in [5, 5.41) is 0. The maximum Gasteiger partial charge on any atom is 0.223 e. The smallest absolute Gasteiger partial charge is 0.223 e. The molecule has 82 valence electrons. The fourth-order valence-corrected chi connectivity index (χ4v) is 1.25. The number of nitrogens with two attached hydrogens (primary N) is 1. The Hall–Kier alpha value is -1.49. The third kappa shape index (κ3) is 2.73. The maximum atomic E-state index is 12.9. The molecule has 0 fully saturated rings. The fraction of sp³-hybridized carbons (Fsp3) is 0.300. The van der Waals surface area contributed by atoms with Crippen molar-refractivity contribution in [3.8, 4) is 0 Å². The molecule has 0 aliphatic heterocycles. The number of hydrogen-bond donors (Lipinski definition) is 1. The quantitative estimate of drug-likeness (QED) is 0.823. The van der Waals surface area contributed by atoms with E-state index in [9.17, 15) is 13.6 Å². The Morgan fingerprint density at radius 3 is 2.53 bits per heavy atom. The normalized spacial score (nSPS) is 10.1. The van der Waals surface area contributed by atoms with E-state index in [1.807, 2.05) is 0 Å². The van der Waals surface area contributed by atoms with Gasteiger partial charge in [-0.2, -0.15) is 0 Å². The van der Waals surface area contributed by atoms with Gasteiger partial charge in [0.2, 0.25) is 5.91 Å². The Bertz CT molecular complexity index is 368. The van der Waals surface area contributed by atoms with Crippen molar-refractivity contribution in [3.05, 3.63) is 29.8 Å². The van der Waals surface area contributed by atoms with Gasteiger partial charge in [-0.25, -0.2) is 8.78 Å². The predicted octanol–water partition coefficient (Wildman–Crippen LogP) is 1.28. The molecule has 2 N–H and O–H groups in total. The summed E-state index contributed by atoms with van der Waals surface area (Å²) in [5.74, 6) is -2.17. The van der Waals surface area contributed by atoms with Crippen molar-refractivity contribution in [2.75, 3.05) is 18.0 Å². The zero-order valence-corrected chi connectivity index (χ0v) is 8.34. The van der Waals surface area contributed by atoms with Crippen LogP contribution in [0.25, 0.3) is 0 Å². The summed E-state index contributed by atoms with van der Waals surface area (Å²) in [7, 11) is 0. The van der Waals surface area contributed by atoms with Gasteiger partial charge in [-0.15, -0.1) is 0 Å². The van der Waals surface area contributed by atoms with Gasteiger partial charge >= 0.3 is 0 Å². The molecule has 5 heteroatoms. The van der Waals surface area contributed by atoms with Crippen molar-refractivity contribution in [2.24, 2.45) is 5.73 Å². The number of anilines is 1. The van der Waals surface area contributed by atoms with E-state index < -0.39 is 11.6 Å². The Morgan fingerprint density at radius 1 is 1.40 bits per heavy atom. The van der Waals surface area contributed by atoms with Gasteiger partial charge in [0.15, 0.2) is 11.6 Å². The maximum absolute atomic E-state index is 12.9. The molecule has 0 heterocycles. The van der Waals surface area contributed by atoms with Crippen molar-refractivity contribution in [1.29, 1.82) is 0 Å². The summed E-state index contributed by atoms with van der Waals surface area (Å²) >= 11 is 0. The second-order valence-corrected chi connectivity index (χ2v) is 3.06. The highest BCUT2D eigenvalue weighted by atomic mass is 19.2. The minimum Gasteiger partial charge on any atom is -0.329 e. The molecule has 0 radical (unpaired) electrons. The largest absolute Gasteiger partial charge is 0.329 e. The van der Waals surface area contributed by atoms with E-state index in [2.05, 4.69) is 0 Å². The Morgan fingerprint density at radius 2 is 2.07 bits per heavy atom. The Balaban J connectivity index is 3.01. The van der Waals surface area contributed by atoms with Gasteiger partial charge in [0, 0.05) is 31.8 Å². The molecule has 1 rings (SSSR count). The second-order valence-electron chi connectivity index (χ2n) is 3.06. The van der Waals surface area contributed by atoms with Gasteiger partial charge in [0.1, 0.15) is 0 Å². The lowest BCUT2D eigenvalue weighted by atomic mass is 10.2. The number of carbonyl (C=O) groups is 1. The molecule has 0 bridgehead atoms. The van der Waals surface area contributed by atoms with Crippen molar-refractivity contribution >= 4 is 11.6 Å². The van der Waals surface area contributed by atoms with Gasteiger partial charge in [-0.3, -0.25) is 4.79 Å². The lowest BCUT2D eigenvalue weighted by molar-refractivity contribution is -0.116. The molecule has 3 nitrogen and oxygen atoms in total. The molecule has 1 aromatic rings. The summed E-state index contributed by atoms with van der Waals surface area (Å²) in [6.45, 7) is 1.88. The molecule has 1 aromatic carbocycles. The lowest BCUT2D eigenvalue weighted by Crippen LogP contribution is -2.33. The molecule has 0 aromatic heterocycles. The van der Waals surface area contributed by atoms with E-state index in [-0.39, 0.29) is 19.0 Å². The lowest BCUT2D eigenvalue weighted by Gasteiger charge is -2.20. The average Bonchev–Trinajstić information content (AvgIpc) is 2.18. The van der Waals surface area contributed by atoms with Gasteiger partial charge in [-0.05, 0) is 12.1 Å². The van der Waals surface area contributed by atoms with Gasteiger partial charge in [0.25, 0.3) is 0 Å². The predicted molar refractivity (Wildman–Crippen MR) is 53.4 cm³/mol. The van der Waals surface area contributed by atoms with Gasteiger partial charge < -0.3 is 10.6 Å². The molecule has 0 aliphatic rings. The van der Waals surface area contributed by atoms with Crippen LogP contribution < -0.4 is 10.6 Å². The summed E-state index contributed by atoms with van der Waals surface area (Å²) in [6.07, 6.45) is 0. The number of hydrogen-bond acceptors (Lipinski definition) is 2. The van der Waals surface area contributed by atoms with E-state index in [4.69, 9.17) is 5.73 Å². The van der Waals surface area contributed by atoms with E-state index in [1.165, 1.54) is 17.9 Å². The summed E-state index contributed by atoms with van der Waals surface area (Å²) in [4.78, 5) is 12.5. The second kappa shape index (κ2) is 4.84. The molecule has 1 amide bonds. The molecular weight excluding hydrogens is 202 g/mol. The molecule has 0 saturated heterocycles. The van der Waals surface area contributed by atoms with Crippen LogP contribution in [0, 0.1) is 11.6 Å². The van der Waals surface area contributed by atoms with Crippen LogP contribution in [0.15, 0.2) is 18.2 Å². The first-order chi connectivity index (χ1) is 7.06. The number of benzene rings is 1. The number of rotatable bonds is 3. The van der Waals surface area contributed by atoms with Crippen LogP contribution in [0.2, 0.25) is 0 Å². The molecule has 15 heavy (non-hydrogen) atoms. The third-order valence-corrected chi connectivity index (χ3v) is 1.95. The monoisotopic (exact) mass is 214 g/mol. The number of nitrogens with zero attached hydrogens (tertiary/aromatic N) is 1. The van der Waals surface area contributed by atoms with E-state index in [1.54, 1.807) is 0 Å². The highest BCUT2D eigenvalue weighted by molar-refractivity contribution is 5.91. The van der Waals surface area contributed by atoms with Crippen molar-refractivity contribution in [3.63, 3.8) is 0 Å². The molecule has 0 aliphatic carbocycles. The zero-order valence-electron chi connectivity index (χ0n) is 8.34. The van der Waals surface area contributed by atoms with Crippen molar-refractivity contribution in [1.82, 2.24) is 0 Å². The first-order valence-corrected chi connectivity index (χ1v) is 4.49. The topological polar surface area (TPSA) is 46.3 Å². The van der Waals surface area contributed by atoms with Crippen LogP contribution in [-0.2, 0) is 4.79 Å². The average molecular weight is 214 g/mol. The Labute approximate surface area is 86.5 Å². The number of halogens is 2. The summed E-state index contributed by atoms with van der Waals surface area (Å²) in [6, 6.07) is 3.30. The van der Waals surface area contributed by atoms with Gasteiger partial charge in [-0.1, -0.05) is 0 Å². The minimum absolute atomic E-state index is 0.258. The Kier molecular flexibility index (Phi) is 3.74. The SMILES string of the molecule is CC(=O)N(CCN)c1ccc(F)c(F)c1. The highest BCUT2D eigenvalue weighted by Gasteiger charge is 2.12. The molecule has 0 saturated carbocycles. The minimum atomic E-state index is -0.976. The van der Waals surface area contributed by atoms with Crippen LogP contribution in [0.4, 0.5) is 14.5 Å². The van der Waals surface area contributed by atoms with Crippen LogP contribution in [-0.4, -0.2) is 19.0 Å². The van der Waals surface area contributed by atoms with Crippen LogP contribution in [0.1, 0.15) is 6.92 Å². The number of carbonyl (C=O) groups excluding carboxylic acids is 1. The number of amides is 1. The highest BCUT2D eigenvalue weighted by Crippen LogP contribution is 2.17. The molecule has 0 spiro atoms. The van der Waals surface area contributed by atoms with E-state index >= 15 is 0 Å². The summed E-state index contributed by atoms with van der Waals surface area (Å²) < 4.78 is 25.5. The van der Waals surface area contributed by atoms with Crippen LogP contribution >= 0.6 is 0 Å². The van der Waals surface area contributed by atoms with E-state index in [0.29, 0.717) is 5.69 Å². The zero-order chi connectivity index (χ0) is 11.4. The van der Waals surface area contributed by atoms with Crippen molar-refractivity contribution in [2.45, 2.75) is 6.92 Å². The first-order valence-electron chi connectivity index (χ1n) is 4.49. The third-order valence-electron chi connectivity index (χ3n) is 1.95. The summed E-state index contributed by atoms with van der Waals surface area (Å²) in [5.41, 5.74) is 5.62. The van der Waals surface area contributed by atoms with Crippen molar-refractivity contribution < 1.29 is 13.6 Å². The van der Waals surface area contributed by atoms with Gasteiger partial charge in [0.05, 0.1) is 0 Å². The first kappa shape index (κ1) is 11.6. The van der Waals surface area contributed by atoms with E-state index in [0.717, 1.165) is 12.1 Å².